The average Bonchev–Trinajstić information content (AvgIpc) is 2.25. The molecule has 0 amide bonds. The Bertz CT molecular complexity index is 391. The summed E-state index contributed by atoms with van der Waals surface area (Å²) < 4.78 is 6.15. The standard InChI is InChI=1S/C16H25NO/c1-12-7-13(2)9-14(8-12)10-18-15-5-6-17-11-16(15,3)4/h7-9,15,17H,5-6,10-11H2,1-4H3. The second-order valence-corrected chi connectivity index (χ2v) is 6.25. The van der Waals surface area contributed by atoms with Crippen molar-refractivity contribution in [1.82, 2.24) is 5.32 Å². The summed E-state index contributed by atoms with van der Waals surface area (Å²) in [5.74, 6) is 0. The molecule has 0 aromatic heterocycles. The molecule has 1 heterocycles. The minimum atomic E-state index is 0.233. The van der Waals surface area contributed by atoms with Crippen molar-refractivity contribution < 1.29 is 4.74 Å². The summed E-state index contributed by atoms with van der Waals surface area (Å²) in [5, 5.41) is 3.44. The lowest BCUT2D eigenvalue weighted by Gasteiger charge is -2.38. The van der Waals surface area contributed by atoms with Crippen molar-refractivity contribution in [1.29, 1.82) is 0 Å². The second-order valence-electron chi connectivity index (χ2n) is 6.25. The molecule has 1 atom stereocenters. The summed E-state index contributed by atoms with van der Waals surface area (Å²) in [6.07, 6.45) is 1.47. The maximum atomic E-state index is 6.15. The van der Waals surface area contributed by atoms with Gasteiger partial charge in [-0.15, -0.1) is 0 Å². The molecule has 0 aliphatic carbocycles. The normalized spacial score (nSPS) is 23.0. The molecule has 1 aliphatic heterocycles. The lowest BCUT2D eigenvalue weighted by Crippen LogP contribution is -2.47. The molecule has 1 saturated heterocycles. The summed E-state index contributed by atoms with van der Waals surface area (Å²) in [6.45, 7) is 11.7. The van der Waals surface area contributed by atoms with Gasteiger partial charge in [0, 0.05) is 12.0 Å². The van der Waals surface area contributed by atoms with Gasteiger partial charge in [0.1, 0.15) is 0 Å². The molecule has 18 heavy (non-hydrogen) atoms. The summed E-state index contributed by atoms with van der Waals surface area (Å²) in [4.78, 5) is 0. The van der Waals surface area contributed by atoms with Gasteiger partial charge in [-0.25, -0.2) is 0 Å². The minimum Gasteiger partial charge on any atom is -0.373 e. The van der Waals surface area contributed by atoms with Crippen LogP contribution < -0.4 is 5.32 Å². The fourth-order valence-electron chi connectivity index (χ4n) is 2.81. The highest BCUT2D eigenvalue weighted by Gasteiger charge is 2.32. The summed E-state index contributed by atoms with van der Waals surface area (Å²) in [5.41, 5.74) is 4.16. The maximum absolute atomic E-state index is 6.15. The first-order valence-electron chi connectivity index (χ1n) is 6.87. The second kappa shape index (κ2) is 5.41. The highest BCUT2D eigenvalue weighted by molar-refractivity contribution is 5.28. The minimum absolute atomic E-state index is 0.233. The van der Waals surface area contributed by atoms with E-state index >= 15 is 0 Å². The van der Waals surface area contributed by atoms with E-state index in [1.54, 1.807) is 0 Å². The number of rotatable bonds is 3. The number of nitrogens with one attached hydrogen (secondary N) is 1. The van der Waals surface area contributed by atoms with Crippen LogP contribution in [-0.2, 0) is 11.3 Å². The van der Waals surface area contributed by atoms with Gasteiger partial charge < -0.3 is 10.1 Å². The van der Waals surface area contributed by atoms with Crippen molar-refractivity contribution in [3.8, 4) is 0 Å². The van der Waals surface area contributed by atoms with Gasteiger partial charge in [0.2, 0.25) is 0 Å². The fraction of sp³-hybridized carbons (Fsp3) is 0.625. The molecule has 0 spiro atoms. The molecule has 0 radical (unpaired) electrons. The van der Waals surface area contributed by atoms with Gasteiger partial charge in [-0.05, 0) is 32.4 Å². The Morgan fingerprint density at radius 1 is 1.22 bits per heavy atom. The van der Waals surface area contributed by atoms with Gasteiger partial charge in [0.05, 0.1) is 12.7 Å². The number of aryl methyl sites for hydroxylation is 2. The van der Waals surface area contributed by atoms with Crippen molar-refractivity contribution in [2.24, 2.45) is 5.41 Å². The Morgan fingerprint density at radius 3 is 2.50 bits per heavy atom. The monoisotopic (exact) mass is 247 g/mol. The predicted molar refractivity (Wildman–Crippen MR) is 75.8 cm³/mol. The smallest absolute Gasteiger partial charge is 0.0721 e. The lowest BCUT2D eigenvalue weighted by molar-refractivity contribution is -0.0520. The summed E-state index contributed by atoms with van der Waals surface area (Å²) in [6, 6.07) is 6.65. The number of hydrogen-bond donors (Lipinski definition) is 1. The van der Waals surface area contributed by atoms with Crippen molar-refractivity contribution in [3.05, 3.63) is 34.9 Å². The van der Waals surface area contributed by atoms with Crippen LogP contribution in [0.4, 0.5) is 0 Å². The zero-order valence-corrected chi connectivity index (χ0v) is 12.0. The third-order valence-electron chi connectivity index (χ3n) is 3.77. The van der Waals surface area contributed by atoms with E-state index in [4.69, 9.17) is 4.74 Å². The number of ether oxygens (including phenoxy) is 1. The van der Waals surface area contributed by atoms with E-state index in [0.29, 0.717) is 6.10 Å². The SMILES string of the molecule is Cc1cc(C)cc(COC2CCNCC2(C)C)c1. The van der Waals surface area contributed by atoms with E-state index < -0.39 is 0 Å². The van der Waals surface area contributed by atoms with E-state index in [2.05, 4.69) is 51.2 Å². The first-order chi connectivity index (χ1) is 8.47. The molecule has 0 bridgehead atoms. The van der Waals surface area contributed by atoms with Crippen molar-refractivity contribution in [2.75, 3.05) is 13.1 Å². The highest BCUT2D eigenvalue weighted by Crippen LogP contribution is 2.28. The average molecular weight is 247 g/mol. The zero-order chi connectivity index (χ0) is 13.2. The first kappa shape index (κ1) is 13.6. The Labute approximate surface area is 111 Å². The predicted octanol–water partition coefficient (Wildman–Crippen LogP) is 3.21. The molecule has 100 valence electrons. The molecular formula is C16H25NO. The largest absolute Gasteiger partial charge is 0.373 e. The van der Waals surface area contributed by atoms with Crippen molar-refractivity contribution in [2.45, 2.75) is 46.8 Å². The van der Waals surface area contributed by atoms with Gasteiger partial charge >= 0.3 is 0 Å². The molecular weight excluding hydrogens is 222 g/mol. The highest BCUT2D eigenvalue weighted by atomic mass is 16.5. The summed E-state index contributed by atoms with van der Waals surface area (Å²) >= 11 is 0. The third kappa shape index (κ3) is 3.33. The number of piperidine rings is 1. The van der Waals surface area contributed by atoms with Crippen LogP contribution in [0.25, 0.3) is 0 Å². The molecule has 1 N–H and O–H groups in total. The molecule has 2 nitrogen and oxygen atoms in total. The molecule has 1 unspecified atom stereocenters. The topological polar surface area (TPSA) is 21.3 Å². The number of hydrogen-bond acceptors (Lipinski definition) is 2. The molecule has 2 rings (SSSR count). The van der Waals surface area contributed by atoms with E-state index in [9.17, 15) is 0 Å². The van der Waals surface area contributed by atoms with Gasteiger partial charge in [0.15, 0.2) is 0 Å². The number of benzene rings is 1. The van der Waals surface area contributed by atoms with Crippen LogP contribution in [0.5, 0.6) is 0 Å². The van der Waals surface area contributed by atoms with Gasteiger partial charge in [-0.1, -0.05) is 43.2 Å². The van der Waals surface area contributed by atoms with Crippen LogP contribution in [0.2, 0.25) is 0 Å². The Balaban J connectivity index is 1.98. The Morgan fingerprint density at radius 2 is 1.89 bits per heavy atom. The van der Waals surface area contributed by atoms with Crippen LogP contribution in [-0.4, -0.2) is 19.2 Å². The van der Waals surface area contributed by atoms with Crippen LogP contribution >= 0.6 is 0 Å². The molecule has 0 saturated carbocycles. The van der Waals surface area contributed by atoms with Crippen molar-refractivity contribution >= 4 is 0 Å². The van der Waals surface area contributed by atoms with Crippen LogP contribution in [0.1, 0.15) is 37.0 Å². The molecule has 1 aromatic rings. The molecule has 1 fully saturated rings. The third-order valence-corrected chi connectivity index (χ3v) is 3.77. The van der Waals surface area contributed by atoms with Crippen LogP contribution in [0, 0.1) is 19.3 Å². The van der Waals surface area contributed by atoms with Crippen LogP contribution in [0.3, 0.4) is 0 Å². The van der Waals surface area contributed by atoms with E-state index in [0.717, 1.165) is 26.1 Å². The van der Waals surface area contributed by atoms with Gasteiger partial charge in [-0.2, -0.15) is 0 Å². The Hall–Kier alpha value is -0.860. The van der Waals surface area contributed by atoms with E-state index in [1.165, 1.54) is 16.7 Å². The van der Waals surface area contributed by atoms with Gasteiger partial charge in [-0.3, -0.25) is 0 Å². The van der Waals surface area contributed by atoms with E-state index in [-0.39, 0.29) is 5.41 Å². The maximum Gasteiger partial charge on any atom is 0.0721 e. The Kier molecular flexibility index (Phi) is 4.08. The zero-order valence-electron chi connectivity index (χ0n) is 12.0. The quantitative estimate of drug-likeness (QED) is 0.885. The summed E-state index contributed by atoms with van der Waals surface area (Å²) in [7, 11) is 0. The first-order valence-corrected chi connectivity index (χ1v) is 6.87. The fourth-order valence-corrected chi connectivity index (χ4v) is 2.81. The molecule has 2 heteroatoms. The lowest BCUT2D eigenvalue weighted by atomic mass is 9.82. The molecule has 1 aromatic carbocycles. The van der Waals surface area contributed by atoms with E-state index in [1.807, 2.05) is 0 Å². The van der Waals surface area contributed by atoms with Gasteiger partial charge in [0.25, 0.3) is 0 Å². The van der Waals surface area contributed by atoms with Crippen molar-refractivity contribution in [3.63, 3.8) is 0 Å². The molecule has 1 aliphatic rings. The van der Waals surface area contributed by atoms with Crippen LogP contribution in [0.15, 0.2) is 18.2 Å².